The molecule has 1 unspecified atom stereocenters. The van der Waals surface area contributed by atoms with Crippen molar-refractivity contribution in [3.05, 3.63) is 57.8 Å². The molecule has 18 heavy (non-hydrogen) atoms. The van der Waals surface area contributed by atoms with E-state index in [2.05, 4.69) is 11.4 Å². The van der Waals surface area contributed by atoms with Gasteiger partial charge in [0.15, 0.2) is 0 Å². The Morgan fingerprint density at radius 3 is 2.61 bits per heavy atom. The Morgan fingerprint density at radius 2 is 2.06 bits per heavy atom. The summed E-state index contributed by atoms with van der Waals surface area (Å²) in [5, 5.41) is 15.6. The predicted molar refractivity (Wildman–Crippen MR) is 71.3 cm³/mol. The number of rotatable bonds is 3. The molecular formula is C14H12N2OS. The SMILES string of the molecule is Cc1cscc1C(=O)NC(C#N)c1ccccc1. The molecule has 3 nitrogen and oxygen atoms in total. The molecule has 0 aliphatic carbocycles. The number of hydrogen-bond acceptors (Lipinski definition) is 3. The number of thiophene rings is 1. The van der Waals surface area contributed by atoms with Crippen LogP contribution in [0.25, 0.3) is 0 Å². The van der Waals surface area contributed by atoms with Gasteiger partial charge in [-0.25, -0.2) is 0 Å². The van der Waals surface area contributed by atoms with Crippen LogP contribution in [0.15, 0.2) is 41.1 Å². The fourth-order valence-corrected chi connectivity index (χ4v) is 2.47. The molecule has 1 heterocycles. The lowest BCUT2D eigenvalue weighted by Gasteiger charge is -2.11. The van der Waals surface area contributed by atoms with Crippen molar-refractivity contribution in [2.24, 2.45) is 0 Å². The van der Waals surface area contributed by atoms with Crippen LogP contribution in [-0.2, 0) is 0 Å². The predicted octanol–water partition coefficient (Wildman–Crippen LogP) is 3.05. The number of hydrogen-bond donors (Lipinski definition) is 1. The maximum Gasteiger partial charge on any atom is 0.253 e. The highest BCUT2D eigenvalue weighted by molar-refractivity contribution is 7.08. The Morgan fingerprint density at radius 1 is 1.33 bits per heavy atom. The topological polar surface area (TPSA) is 52.9 Å². The molecule has 2 rings (SSSR count). The quantitative estimate of drug-likeness (QED) is 0.917. The third-order valence-corrected chi connectivity index (χ3v) is 3.50. The summed E-state index contributed by atoms with van der Waals surface area (Å²) in [5.41, 5.74) is 2.36. The average molecular weight is 256 g/mol. The standard InChI is InChI=1S/C14H12N2OS/c1-10-8-18-9-12(10)14(17)16-13(7-15)11-5-3-2-4-6-11/h2-6,8-9,13H,1H3,(H,16,17). The van der Waals surface area contributed by atoms with E-state index in [-0.39, 0.29) is 5.91 Å². The van der Waals surface area contributed by atoms with Crippen LogP contribution in [0.5, 0.6) is 0 Å². The first-order chi connectivity index (χ1) is 8.72. The first kappa shape index (κ1) is 12.3. The molecule has 0 aliphatic heterocycles. The minimum Gasteiger partial charge on any atom is -0.332 e. The number of benzene rings is 1. The summed E-state index contributed by atoms with van der Waals surface area (Å²) >= 11 is 1.48. The molecule has 2 aromatic rings. The Hall–Kier alpha value is -2.12. The maximum atomic E-state index is 12.0. The Balaban J connectivity index is 2.16. The van der Waals surface area contributed by atoms with Crippen molar-refractivity contribution in [3.63, 3.8) is 0 Å². The second-order valence-electron chi connectivity index (χ2n) is 3.91. The first-order valence-electron chi connectivity index (χ1n) is 5.50. The van der Waals surface area contributed by atoms with E-state index in [0.29, 0.717) is 5.56 Å². The smallest absolute Gasteiger partial charge is 0.253 e. The van der Waals surface area contributed by atoms with Gasteiger partial charge in [0.25, 0.3) is 5.91 Å². The molecule has 0 radical (unpaired) electrons. The number of amides is 1. The van der Waals surface area contributed by atoms with Crippen molar-refractivity contribution in [2.45, 2.75) is 13.0 Å². The fraction of sp³-hybridized carbons (Fsp3) is 0.143. The Bertz CT molecular complexity index is 583. The Labute approximate surface area is 110 Å². The summed E-state index contributed by atoms with van der Waals surface area (Å²) in [6, 6.07) is 10.7. The van der Waals surface area contributed by atoms with Gasteiger partial charge in [-0.05, 0) is 23.4 Å². The highest BCUT2D eigenvalue weighted by Crippen LogP contribution is 2.16. The van der Waals surface area contributed by atoms with Crippen molar-refractivity contribution in [1.82, 2.24) is 5.32 Å². The molecule has 0 aliphatic rings. The molecule has 0 saturated carbocycles. The van der Waals surface area contributed by atoms with Crippen LogP contribution in [0.4, 0.5) is 0 Å². The van der Waals surface area contributed by atoms with Crippen LogP contribution in [0.1, 0.15) is 27.5 Å². The Kier molecular flexibility index (Phi) is 3.75. The van der Waals surface area contributed by atoms with Crippen molar-refractivity contribution in [3.8, 4) is 6.07 Å². The number of carbonyl (C=O) groups excluding carboxylic acids is 1. The van der Waals surface area contributed by atoms with Crippen molar-refractivity contribution in [2.75, 3.05) is 0 Å². The van der Waals surface area contributed by atoms with E-state index in [4.69, 9.17) is 5.26 Å². The zero-order valence-electron chi connectivity index (χ0n) is 9.88. The third kappa shape index (κ3) is 2.58. The van der Waals surface area contributed by atoms with E-state index in [1.807, 2.05) is 42.6 Å². The lowest BCUT2D eigenvalue weighted by molar-refractivity contribution is 0.0945. The van der Waals surface area contributed by atoms with Gasteiger partial charge in [-0.1, -0.05) is 30.3 Å². The number of aryl methyl sites for hydroxylation is 1. The largest absolute Gasteiger partial charge is 0.332 e. The monoisotopic (exact) mass is 256 g/mol. The molecule has 0 fully saturated rings. The highest BCUT2D eigenvalue weighted by Gasteiger charge is 2.16. The summed E-state index contributed by atoms with van der Waals surface area (Å²) < 4.78 is 0. The molecule has 0 saturated heterocycles. The van der Waals surface area contributed by atoms with Crippen LogP contribution >= 0.6 is 11.3 Å². The maximum absolute atomic E-state index is 12.0. The number of nitriles is 1. The van der Waals surface area contributed by atoms with Crippen LogP contribution in [-0.4, -0.2) is 5.91 Å². The fourth-order valence-electron chi connectivity index (χ4n) is 1.64. The van der Waals surface area contributed by atoms with Gasteiger partial charge in [-0.15, -0.1) is 0 Å². The van der Waals surface area contributed by atoms with Crippen molar-refractivity contribution in [1.29, 1.82) is 5.26 Å². The molecule has 1 N–H and O–H groups in total. The van der Waals surface area contributed by atoms with Gasteiger partial charge in [0.2, 0.25) is 0 Å². The summed E-state index contributed by atoms with van der Waals surface area (Å²) in [4.78, 5) is 12.0. The second kappa shape index (κ2) is 5.48. The van der Waals surface area contributed by atoms with Gasteiger partial charge in [-0.3, -0.25) is 4.79 Å². The third-order valence-electron chi connectivity index (χ3n) is 2.64. The van der Waals surface area contributed by atoms with Gasteiger partial charge >= 0.3 is 0 Å². The van der Waals surface area contributed by atoms with Crippen LogP contribution in [0.3, 0.4) is 0 Å². The molecule has 1 atom stereocenters. The zero-order chi connectivity index (χ0) is 13.0. The highest BCUT2D eigenvalue weighted by atomic mass is 32.1. The van der Waals surface area contributed by atoms with Gasteiger partial charge < -0.3 is 5.32 Å². The zero-order valence-corrected chi connectivity index (χ0v) is 10.7. The van der Waals surface area contributed by atoms with Crippen LogP contribution in [0, 0.1) is 18.3 Å². The van der Waals surface area contributed by atoms with E-state index in [1.165, 1.54) is 11.3 Å². The van der Waals surface area contributed by atoms with E-state index in [9.17, 15) is 4.79 Å². The van der Waals surface area contributed by atoms with Crippen molar-refractivity contribution < 1.29 is 4.79 Å². The number of carbonyl (C=O) groups is 1. The minimum absolute atomic E-state index is 0.204. The minimum atomic E-state index is -0.613. The normalized spacial score (nSPS) is 11.6. The van der Waals surface area contributed by atoms with Gasteiger partial charge in [0.1, 0.15) is 6.04 Å². The summed E-state index contributed by atoms with van der Waals surface area (Å²) in [5.74, 6) is -0.204. The average Bonchev–Trinajstić information content (AvgIpc) is 2.83. The van der Waals surface area contributed by atoms with E-state index in [1.54, 1.807) is 5.38 Å². The van der Waals surface area contributed by atoms with Crippen LogP contribution < -0.4 is 5.32 Å². The van der Waals surface area contributed by atoms with E-state index in [0.717, 1.165) is 11.1 Å². The number of nitrogens with zero attached hydrogens (tertiary/aromatic N) is 1. The molecule has 4 heteroatoms. The van der Waals surface area contributed by atoms with Gasteiger partial charge in [0, 0.05) is 5.38 Å². The lowest BCUT2D eigenvalue weighted by Crippen LogP contribution is -2.27. The van der Waals surface area contributed by atoms with Crippen molar-refractivity contribution >= 4 is 17.2 Å². The second-order valence-corrected chi connectivity index (χ2v) is 4.66. The molecule has 0 bridgehead atoms. The molecule has 1 aromatic heterocycles. The van der Waals surface area contributed by atoms with Gasteiger partial charge in [0.05, 0.1) is 11.6 Å². The summed E-state index contributed by atoms with van der Waals surface area (Å²) in [6.07, 6.45) is 0. The van der Waals surface area contributed by atoms with Crippen LogP contribution in [0.2, 0.25) is 0 Å². The number of nitrogens with one attached hydrogen (secondary N) is 1. The lowest BCUT2D eigenvalue weighted by atomic mass is 10.1. The molecular weight excluding hydrogens is 244 g/mol. The summed E-state index contributed by atoms with van der Waals surface area (Å²) in [7, 11) is 0. The molecule has 1 amide bonds. The first-order valence-corrected chi connectivity index (χ1v) is 6.45. The molecule has 90 valence electrons. The molecule has 0 spiro atoms. The van der Waals surface area contributed by atoms with E-state index < -0.39 is 6.04 Å². The van der Waals surface area contributed by atoms with E-state index >= 15 is 0 Å². The van der Waals surface area contributed by atoms with Gasteiger partial charge in [-0.2, -0.15) is 16.6 Å². The summed E-state index contributed by atoms with van der Waals surface area (Å²) in [6.45, 7) is 1.88. The molecule has 1 aromatic carbocycles.